The van der Waals surface area contributed by atoms with E-state index < -0.39 is 0 Å². The van der Waals surface area contributed by atoms with Crippen LogP contribution in [0.1, 0.15) is 32.3 Å². The predicted molar refractivity (Wildman–Crippen MR) is 125 cm³/mol. The first-order valence-electron chi connectivity index (χ1n) is 10.9. The van der Waals surface area contributed by atoms with E-state index in [1.807, 2.05) is 49.6 Å². The van der Waals surface area contributed by atoms with Crippen molar-refractivity contribution in [3.63, 3.8) is 0 Å². The van der Waals surface area contributed by atoms with Crippen molar-refractivity contribution in [1.82, 2.24) is 14.9 Å². The van der Waals surface area contributed by atoms with Crippen LogP contribution in [0.2, 0.25) is 0 Å². The summed E-state index contributed by atoms with van der Waals surface area (Å²) >= 11 is 0. The number of rotatable bonds is 10. The summed E-state index contributed by atoms with van der Waals surface area (Å²) in [6.07, 6.45) is 5.68. The van der Waals surface area contributed by atoms with Crippen LogP contribution in [0, 0.1) is 12.8 Å². The van der Waals surface area contributed by atoms with E-state index >= 15 is 0 Å². The average Bonchev–Trinajstić information content (AvgIpc) is 3.23. The molecule has 3 aromatic rings. The maximum absolute atomic E-state index is 12.2. The maximum Gasteiger partial charge on any atom is 0.319 e. The molecular formula is C25H32N4O2. The molecule has 2 aromatic carbocycles. The number of aromatic nitrogens is 2. The molecule has 6 heteroatoms. The smallest absolute Gasteiger partial charge is 0.319 e. The summed E-state index contributed by atoms with van der Waals surface area (Å²) in [7, 11) is 0. The van der Waals surface area contributed by atoms with Gasteiger partial charge in [0.1, 0.15) is 5.75 Å². The first-order valence-corrected chi connectivity index (χ1v) is 10.9. The molecule has 1 heterocycles. The number of amides is 2. The first-order chi connectivity index (χ1) is 15.0. The lowest BCUT2D eigenvalue weighted by Crippen LogP contribution is -2.30. The SMILES string of the molecule is Cc1cccc(OCCCn2cnc(-c3ccccc3)c2)c1NC(=O)NCCC(C)C. The lowest BCUT2D eigenvalue weighted by Gasteiger charge is -2.16. The quantitative estimate of drug-likeness (QED) is 0.426. The number of para-hydroxylation sites is 1. The monoisotopic (exact) mass is 420 g/mol. The molecule has 6 nitrogen and oxygen atoms in total. The lowest BCUT2D eigenvalue weighted by atomic mass is 10.1. The number of urea groups is 1. The van der Waals surface area contributed by atoms with Crippen LogP contribution in [0.25, 0.3) is 11.3 Å². The Morgan fingerprint density at radius 2 is 1.94 bits per heavy atom. The van der Waals surface area contributed by atoms with E-state index in [4.69, 9.17) is 4.74 Å². The lowest BCUT2D eigenvalue weighted by molar-refractivity contribution is 0.251. The molecule has 0 atom stereocenters. The minimum Gasteiger partial charge on any atom is -0.491 e. The molecule has 0 saturated carbocycles. The summed E-state index contributed by atoms with van der Waals surface area (Å²) in [5.74, 6) is 1.24. The fourth-order valence-electron chi connectivity index (χ4n) is 3.22. The van der Waals surface area contributed by atoms with Crippen molar-refractivity contribution < 1.29 is 9.53 Å². The van der Waals surface area contributed by atoms with Gasteiger partial charge in [-0.3, -0.25) is 0 Å². The molecule has 0 aliphatic rings. The van der Waals surface area contributed by atoms with E-state index in [-0.39, 0.29) is 6.03 Å². The van der Waals surface area contributed by atoms with Gasteiger partial charge in [-0.1, -0.05) is 56.3 Å². The number of imidazole rings is 1. The van der Waals surface area contributed by atoms with Crippen molar-refractivity contribution in [2.75, 3.05) is 18.5 Å². The number of nitrogens with one attached hydrogen (secondary N) is 2. The van der Waals surface area contributed by atoms with E-state index in [1.165, 1.54) is 0 Å². The van der Waals surface area contributed by atoms with Gasteiger partial charge in [0.05, 0.1) is 24.3 Å². The third-order valence-electron chi connectivity index (χ3n) is 5.00. The van der Waals surface area contributed by atoms with Crippen LogP contribution in [0.5, 0.6) is 5.75 Å². The van der Waals surface area contributed by atoms with Crippen LogP contribution >= 0.6 is 0 Å². The molecule has 2 N–H and O–H groups in total. The summed E-state index contributed by atoms with van der Waals surface area (Å²) in [6.45, 7) is 8.25. The summed E-state index contributed by atoms with van der Waals surface area (Å²) in [5.41, 5.74) is 3.77. The Morgan fingerprint density at radius 1 is 1.13 bits per heavy atom. The molecular weight excluding hydrogens is 388 g/mol. The van der Waals surface area contributed by atoms with E-state index in [0.717, 1.165) is 41.9 Å². The van der Waals surface area contributed by atoms with Gasteiger partial charge < -0.3 is 19.9 Å². The fourth-order valence-corrected chi connectivity index (χ4v) is 3.22. The normalized spacial score (nSPS) is 10.8. The van der Waals surface area contributed by atoms with Gasteiger partial charge in [0.15, 0.2) is 0 Å². The van der Waals surface area contributed by atoms with Crippen molar-refractivity contribution >= 4 is 11.7 Å². The van der Waals surface area contributed by atoms with Crippen molar-refractivity contribution in [2.45, 2.75) is 40.2 Å². The number of benzene rings is 2. The van der Waals surface area contributed by atoms with Crippen LogP contribution in [0.15, 0.2) is 61.1 Å². The minimum absolute atomic E-state index is 0.202. The minimum atomic E-state index is -0.202. The standard InChI is InChI=1S/C25H32N4O2/c1-19(2)13-14-26-25(30)28-24-20(3)9-7-12-23(24)31-16-8-15-29-17-22(27-18-29)21-10-5-4-6-11-21/h4-7,9-12,17-19H,8,13-16H2,1-3H3,(H2,26,28,30). The Bertz CT molecular complexity index is 967. The van der Waals surface area contributed by atoms with Crippen LogP contribution in [0.3, 0.4) is 0 Å². The highest BCUT2D eigenvalue weighted by Gasteiger charge is 2.11. The zero-order valence-electron chi connectivity index (χ0n) is 18.6. The fraction of sp³-hybridized carbons (Fsp3) is 0.360. The molecule has 0 saturated heterocycles. The molecule has 1 aromatic heterocycles. The third-order valence-corrected chi connectivity index (χ3v) is 5.00. The number of carbonyl (C=O) groups excluding carboxylic acids is 1. The number of ether oxygens (including phenoxy) is 1. The van der Waals surface area contributed by atoms with E-state index in [0.29, 0.717) is 24.8 Å². The zero-order valence-corrected chi connectivity index (χ0v) is 18.6. The van der Waals surface area contributed by atoms with Crippen molar-refractivity contribution in [3.8, 4) is 17.0 Å². The van der Waals surface area contributed by atoms with Crippen LogP contribution in [-0.2, 0) is 6.54 Å². The van der Waals surface area contributed by atoms with Crippen molar-refractivity contribution in [1.29, 1.82) is 0 Å². The molecule has 0 radical (unpaired) electrons. The van der Waals surface area contributed by atoms with Crippen LogP contribution in [0.4, 0.5) is 10.5 Å². The highest BCUT2D eigenvalue weighted by molar-refractivity contribution is 5.91. The number of hydrogen-bond donors (Lipinski definition) is 2. The van der Waals surface area contributed by atoms with E-state index in [9.17, 15) is 4.79 Å². The van der Waals surface area contributed by atoms with Crippen molar-refractivity contribution in [3.05, 3.63) is 66.6 Å². The van der Waals surface area contributed by atoms with Gasteiger partial charge in [-0.05, 0) is 37.3 Å². The highest BCUT2D eigenvalue weighted by Crippen LogP contribution is 2.28. The van der Waals surface area contributed by atoms with Crippen LogP contribution in [-0.4, -0.2) is 28.7 Å². The largest absolute Gasteiger partial charge is 0.491 e. The number of nitrogens with zero attached hydrogens (tertiary/aromatic N) is 2. The van der Waals surface area contributed by atoms with Gasteiger partial charge in [-0.25, -0.2) is 9.78 Å². The first kappa shape index (κ1) is 22.4. The Kier molecular flexibility index (Phi) is 8.10. The average molecular weight is 421 g/mol. The topological polar surface area (TPSA) is 68.2 Å². The molecule has 0 bridgehead atoms. The second-order valence-electron chi connectivity index (χ2n) is 8.08. The summed E-state index contributed by atoms with van der Waals surface area (Å²) in [5, 5.41) is 5.85. The summed E-state index contributed by atoms with van der Waals surface area (Å²) in [6, 6.07) is 15.7. The highest BCUT2D eigenvalue weighted by atomic mass is 16.5. The molecule has 0 aliphatic carbocycles. The van der Waals surface area contributed by atoms with E-state index in [2.05, 4.69) is 52.4 Å². The maximum atomic E-state index is 12.2. The van der Waals surface area contributed by atoms with Gasteiger partial charge in [0.2, 0.25) is 0 Å². The Hall–Kier alpha value is -3.28. The number of anilines is 1. The van der Waals surface area contributed by atoms with Gasteiger partial charge in [0.25, 0.3) is 0 Å². The third kappa shape index (κ3) is 6.88. The second kappa shape index (κ2) is 11.2. The molecule has 0 aliphatic heterocycles. The van der Waals surface area contributed by atoms with Gasteiger partial charge in [0, 0.05) is 24.8 Å². The number of carbonyl (C=O) groups is 1. The Labute approximate surface area is 184 Å². The molecule has 0 unspecified atom stereocenters. The predicted octanol–water partition coefficient (Wildman–Crippen LogP) is 5.50. The summed E-state index contributed by atoms with van der Waals surface area (Å²) < 4.78 is 8.07. The Morgan fingerprint density at radius 3 is 2.71 bits per heavy atom. The van der Waals surface area contributed by atoms with Gasteiger partial charge in [-0.2, -0.15) is 0 Å². The Balaban J connectivity index is 1.50. The number of hydrogen-bond acceptors (Lipinski definition) is 3. The van der Waals surface area contributed by atoms with Gasteiger partial charge in [-0.15, -0.1) is 0 Å². The van der Waals surface area contributed by atoms with Crippen LogP contribution < -0.4 is 15.4 Å². The molecule has 0 fully saturated rings. The molecule has 3 rings (SSSR count). The van der Waals surface area contributed by atoms with Crippen molar-refractivity contribution in [2.24, 2.45) is 5.92 Å². The van der Waals surface area contributed by atoms with Gasteiger partial charge >= 0.3 is 6.03 Å². The van der Waals surface area contributed by atoms with E-state index in [1.54, 1.807) is 0 Å². The second-order valence-corrected chi connectivity index (χ2v) is 8.08. The molecule has 2 amide bonds. The summed E-state index contributed by atoms with van der Waals surface area (Å²) in [4.78, 5) is 16.7. The zero-order chi connectivity index (χ0) is 22.1. The number of aryl methyl sites for hydroxylation is 2. The molecule has 0 spiro atoms. The molecule has 164 valence electrons. The molecule has 31 heavy (non-hydrogen) atoms.